The molecule has 0 aromatic carbocycles. The van der Waals surface area contributed by atoms with Gasteiger partial charge in [-0.1, -0.05) is 17.7 Å². The van der Waals surface area contributed by atoms with Crippen molar-refractivity contribution < 1.29 is 14.3 Å². The number of esters is 1. The second-order valence-electron chi connectivity index (χ2n) is 4.52. The highest BCUT2D eigenvalue weighted by molar-refractivity contribution is 6.31. The molecule has 0 aliphatic heterocycles. The van der Waals surface area contributed by atoms with E-state index in [2.05, 4.69) is 10.3 Å². The first-order chi connectivity index (χ1) is 10.5. The van der Waals surface area contributed by atoms with Gasteiger partial charge in [-0.05, 0) is 32.1 Å². The highest BCUT2D eigenvalue weighted by Crippen LogP contribution is 2.18. The standard InChI is InChI=1S/C15H16ClN3O3/c1-3-17-15(21)10(2)22-13(20)8-7-11-14(16)18-12-6-4-5-9-19(11)12/h4-10H,3H2,1-2H3,(H,17,21)/b8-7+/t10-/m1/s1. The smallest absolute Gasteiger partial charge is 0.331 e. The molecule has 1 N–H and O–H groups in total. The molecule has 0 saturated carbocycles. The SMILES string of the molecule is CCNC(=O)[C@@H](C)OC(=O)/C=C/c1c(Cl)nc2ccccn12. The molecule has 0 spiro atoms. The summed E-state index contributed by atoms with van der Waals surface area (Å²) in [4.78, 5) is 27.4. The van der Waals surface area contributed by atoms with Crippen LogP contribution in [0.5, 0.6) is 0 Å². The molecule has 2 aromatic rings. The van der Waals surface area contributed by atoms with Gasteiger partial charge in [0, 0.05) is 18.8 Å². The molecule has 0 radical (unpaired) electrons. The molecule has 2 rings (SSSR count). The Morgan fingerprint density at radius 2 is 2.27 bits per heavy atom. The quantitative estimate of drug-likeness (QED) is 0.676. The van der Waals surface area contributed by atoms with Crippen LogP contribution in [0.2, 0.25) is 5.15 Å². The van der Waals surface area contributed by atoms with Crippen LogP contribution in [-0.4, -0.2) is 33.9 Å². The molecule has 2 aromatic heterocycles. The van der Waals surface area contributed by atoms with Gasteiger partial charge in [-0.2, -0.15) is 0 Å². The van der Waals surface area contributed by atoms with Gasteiger partial charge < -0.3 is 10.1 Å². The molecule has 0 aliphatic rings. The van der Waals surface area contributed by atoms with E-state index in [1.54, 1.807) is 23.6 Å². The normalized spacial score (nSPS) is 12.5. The van der Waals surface area contributed by atoms with Crippen LogP contribution < -0.4 is 5.32 Å². The van der Waals surface area contributed by atoms with E-state index in [4.69, 9.17) is 16.3 Å². The second-order valence-corrected chi connectivity index (χ2v) is 4.88. The van der Waals surface area contributed by atoms with Crippen molar-refractivity contribution in [1.82, 2.24) is 14.7 Å². The first kappa shape index (κ1) is 16.0. The van der Waals surface area contributed by atoms with Crippen molar-refractivity contribution in [3.63, 3.8) is 0 Å². The van der Waals surface area contributed by atoms with Crippen LogP contribution in [0.3, 0.4) is 0 Å². The molecule has 116 valence electrons. The summed E-state index contributed by atoms with van der Waals surface area (Å²) in [5, 5.41) is 2.86. The average molecular weight is 322 g/mol. The number of amides is 1. The van der Waals surface area contributed by atoms with Gasteiger partial charge in [-0.3, -0.25) is 9.20 Å². The van der Waals surface area contributed by atoms with Gasteiger partial charge in [0.2, 0.25) is 0 Å². The number of nitrogens with zero attached hydrogens (tertiary/aromatic N) is 2. The van der Waals surface area contributed by atoms with Crippen LogP contribution in [0.15, 0.2) is 30.5 Å². The summed E-state index contributed by atoms with van der Waals surface area (Å²) < 4.78 is 6.75. The van der Waals surface area contributed by atoms with Crippen LogP contribution >= 0.6 is 11.6 Å². The Labute approximate surface area is 132 Å². The maximum Gasteiger partial charge on any atom is 0.331 e. The number of carbonyl (C=O) groups is 2. The number of halogens is 1. The fourth-order valence-corrected chi connectivity index (χ4v) is 2.11. The van der Waals surface area contributed by atoms with Crippen LogP contribution in [0, 0.1) is 0 Å². The summed E-state index contributed by atoms with van der Waals surface area (Å²) in [7, 11) is 0. The first-order valence-corrected chi connectivity index (χ1v) is 7.19. The minimum atomic E-state index is -0.852. The van der Waals surface area contributed by atoms with Gasteiger partial charge >= 0.3 is 5.97 Å². The number of likely N-dealkylation sites (N-methyl/N-ethyl adjacent to an activating group) is 1. The minimum absolute atomic E-state index is 0.284. The molecule has 7 heteroatoms. The van der Waals surface area contributed by atoms with Gasteiger partial charge in [0.15, 0.2) is 11.3 Å². The van der Waals surface area contributed by atoms with Gasteiger partial charge in [0.1, 0.15) is 5.65 Å². The van der Waals surface area contributed by atoms with Crippen LogP contribution in [0.1, 0.15) is 19.5 Å². The summed E-state index contributed by atoms with van der Waals surface area (Å²) >= 11 is 6.05. The number of ether oxygens (including phenoxy) is 1. The summed E-state index contributed by atoms with van der Waals surface area (Å²) in [5.74, 6) is -0.960. The minimum Gasteiger partial charge on any atom is -0.449 e. The largest absolute Gasteiger partial charge is 0.449 e. The van der Waals surface area contributed by atoms with Gasteiger partial charge in [-0.15, -0.1) is 0 Å². The summed E-state index contributed by atoms with van der Waals surface area (Å²) in [6.45, 7) is 3.78. The monoisotopic (exact) mass is 321 g/mol. The number of aromatic nitrogens is 2. The fraction of sp³-hybridized carbons (Fsp3) is 0.267. The number of fused-ring (bicyclic) bond motifs is 1. The highest BCUT2D eigenvalue weighted by atomic mass is 35.5. The van der Waals surface area contributed by atoms with Gasteiger partial charge in [0.05, 0.1) is 5.69 Å². The zero-order chi connectivity index (χ0) is 16.1. The van der Waals surface area contributed by atoms with E-state index < -0.39 is 12.1 Å². The van der Waals surface area contributed by atoms with Crippen molar-refractivity contribution in [3.8, 4) is 0 Å². The lowest BCUT2D eigenvalue weighted by Gasteiger charge is -2.10. The number of nitrogens with one attached hydrogen (secondary N) is 1. The lowest BCUT2D eigenvalue weighted by Crippen LogP contribution is -2.35. The summed E-state index contributed by atoms with van der Waals surface area (Å²) in [5.41, 5.74) is 1.25. The van der Waals surface area contributed by atoms with E-state index in [-0.39, 0.29) is 11.1 Å². The Morgan fingerprint density at radius 3 is 3.00 bits per heavy atom. The topological polar surface area (TPSA) is 72.7 Å². The summed E-state index contributed by atoms with van der Waals surface area (Å²) in [6, 6.07) is 5.48. The predicted molar refractivity (Wildman–Crippen MR) is 83.5 cm³/mol. The Balaban J connectivity index is 2.09. The number of rotatable bonds is 5. The van der Waals surface area contributed by atoms with Crippen molar-refractivity contribution in [3.05, 3.63) is 41.3 Å². The molecule has 6 nitrogen and oxygen atoms in total. The average Bonchev–Trinajstić information content (AvgIpc) is 2.80. The third kappa shape index (κ3) is 3.65. The van der Waals surface area contributed by atoms with Gasteiger partial charge in [0.25, 0.3) is 5.91 Å². The Hall–Kier alpha value is -2.34. The fourth-order valence-electron chi connectivity index (χ4n) is 1.87. The molecule has 1 atom stereocenters. The van der Waals surface area contributed by atoms with Gasteiger partial charge in [-0.25, -0.2) is 9.78 Å². The van der Waals surface area contributed by atoms with Crippen LogP contribution in [0.4, 0.5) is 0 Å². The molecular formula is C15H16ClN3O3. The van der Waals surface area contributed by atoms with Crippen molar-refractivity contribution in [2.75, 3.05) is 6.54 Å². The van der Waals surface area contributed by atoms with Crippen molar-refractivity contribution in [2.45, 2.75) is 20.0 Å². The van der Waals surface area contributed by atoms with E-state index in [0.717, 1.165) is 0 Å². The molecule has 0 saturated heterocycles. The maximum absolute atomic E-state index is 11.7. The third-order valence-electron chi connectivity index (χ3n) is 2.91. The number of imidazole rings is 1. The highest BCUT2D eigenvalue weighted by Gasteiger charge is 2.15. The Morgan fingerprint density at radius 1 is 1.50 bits per heavy atom. The number of hydrogen-bond acceptors (Lipinski definition) is 4. The lowest BCUT2D eigenvalue weighted by atomic mass is 10.3. The molecule has 2 heterocycles. The molecule has 0 aliphatic carbocycles. The van der Waals surface area contributed by atoms with Crippen LogP contribution in [-0.2, 0) is 14.3 Å². The van der Waals surface area contributed by atoms with E-state index in [9.17, 15) is 9.59 Å². The number of carbonyl (C=O) groups excluding carboxylic acids is 2. The van der Waals surface area contributed by atoms with E-state index in [1.807, 2.05) is 12.1 Å². The predicted octanol–water partition coefficient (Wildman–Crippen LogP) is 2.07. The summed E-state index contributed by atoms with van der Waals surface area (Å²) in [6.07, 6.45) is 3.67. The molecule has 1 amide bonds. The van der Waals surface area contributed by atoms with E-state index in [0.29, 0.717) is 17.9 Å². The zero-order valence-electron chi connectivity index (χ0n) is 12.2. The van der Waals surface area contributed by atoms with Crippen molar-refractivity contribution in [2.24, 2.45) is 0 Å². The maximum atomic E-state index is 11.7. The lowest BCUT2D eigenvalue weighted by molar-refractivity contribution is -0.150. The number of pyridine rings is 1. The van der Waals surface area contributed by atoms with Crippen LogP contribution in [0.25, 0.3) is 11.7 Å². The first-order valence-electron chi connectivity index (χ1n) is 6.82. The number of hydrogen-bond donors (Lipinski definition) is 1. The molecule has 0 bridgehead atoms. The Bertz CT molecular complexity index is 724. The van der Waals surface area contributed by atoms with Crippen molar-refractivity contribution in [1.29, 1.82) is 0 Å². The molecule has 22 heavy (non-hydrogen) atoms. The van der Waals surface area contributed by atoms with E-state index in [1.165, 1.54) is 19.1 Å². The molecular weight excluding hydrogens is 306 g/mol. The van der Waals surface area contributed by atoms with E-state index >= 15 is 0 Å². The third-order valence-corrected chi connectivity index (χ3v) is 3.19. The second kappa shape index (κ2) is 7.09. The Kier molecular flexibility index (Phi) is 5.16. The molecule has 0 fully saturated rings. The van der Waals surface area contributed by atoms with Crippen molar-refractivity contribution >= 4 is 35.2 Å². The molecule has 0 unspecified atom stereocenters. The zero-order valence-corrected chi connectivity index (χ0v) is 13.0.